The Morgan fingerprint density at radius 3 is 2.54 bits per heavy atom. The summed E-state index contributed by atoms with van der Waals surface area (Å²) in [5, 5.41) is 2.12. The number of thiazole rings is 1. The van der Waals surface area contributed by atoms with Gasteiger partial charge >= 0.3 is 5.97 Å². The number of nitrogens with zero attached hydrogens (tertiary/aromatic N) is 3. The molecule has 0 amide bonds. The van der Waals surface area contributed by atoms with E-state index in [0.29, 0.717) is 53.2 Å². The fourth-order valence-electron chi connectivity index (χ4n) is 5.66. The molecule has 1 aliphatic heterocycles. The van der Waals surface area contributed by atoms with Gasteiger partial charge in [-0.05, 0) is 61.4 Å². The minimum Gasteiger partial charge on any atom is -0.493 e. The first-order valence-corrected chi connectivity index (χ1v) is 16.6. The summed E-state index contributed by atoms with van der Waals surface area (Å²) in [6.07, 6.45) is 3.88. The maximum atomic E-state index is 14.3. The van der Waals surface area contributed by atoms with Crippen LogP contribution >= 0.6 is 50.5 Å². The van der Waals surface area contributed by atoms with Crippen molar-refractivity contribution in [1.82, 2.24) is 9.13 Å². The number of para-hydroxylation sites is 1. The van der Waals surface area contributed by atoms with Crippen LogP contribution in [-0.4, -0.2) is 35.9 Å². The molecule has 1 atom stereocenters. The maximum Gasteiger partial charge on any atom is 0.338 e. The number of rotatable bonds is 8. The van der Waals surface area contributed by atoms with E-state index in [0.717, 1.165) is 22.0 Å². The topological polar surface area (TPSA) is 84.1 Å². The molecule has 0 fully saturated rings. The lowest BCUT2D eigenvalue weighted by Gasteiger charge is -2.26. The van der Waals surface area contributed by atoms with Gasteiger partial charge in [0.2, 0.25) is 0 Å². The fraction of sp³-hybridized carbons (Fsp3) is 0.206. The third kappa shape index (κ3) is 5.79. The van der Waals surface area contributed by atoms with Crippen LogP contribution in [0.4, 0.5) is 0 Å². The monoisotopic (exact) mass is 739 g/mol. The van der Waals surface area contributed by atoms with Gasteiger partial charge in [-0.1, -0.05) is 74.7 Å². The summed E-state index contributed by atoms with van der Waals surface area (Å²) in [6, 6.07) is 16.1. The summed E-state index contributed by atoms with van der Waals surface area (Å²) in [5.41, 5.74) is 3.83. The van der Waals surface area contributed by atoms with E-state index < -0.39 is 12.0 Å². The molecule has 0 bridgehead atoms. The van der Waals surface area contributed by atoms with Crippen LogP contribution in [0.15, 0.2) is 86.3 Å². The van der Waals surface area contributed by atoms with E-state index in [1.54, 1.807) is 43.7 Å². The van der Waals surface area contributed by atoms with Gasteiger partial charge in [0.05, 0.1) is 42.7 Å². The first kappa shape index (κ1) is 32.1. The van der Waals surface area contributed by atoms with Crippen LogP contribution in [0.5, 0.6) is 11.5 Å². The van der Waals surface area contributed by atoms with E-state index in [2.05, 4.69) is 20.5 Å². The Bertz CT molecular complexity index is 2240. The second-order valence-corrected chi connectivity index (χ2v) is 13.2. The smallest absolute Gasteiger partial charge is 0.338 e. The van der Waals surface area contributed by atoms with E-state index in [1.165, 1.54) is 18.4 Å². The van der Waals surface area contributed by atoms with E-state index in [-0.39, 0.29) is 17.7 Å². The molecular weight excluding hydrogens is 713 g/mol. The van der Waals surface area contributed by atoms with Gasteiger partial charge in [-0.2, -0.15) is 0 Å². The first-order chi connectivity index (χ1) is 22.1. The van der Waals surface area contributed by atoms with Gasteiger partial charge in [-0.25, -0.2) is 9.79 Å². The predicted molar refractivity (Wildman–Crippen MR) is 185 cm³/mol. The molecule has 46 heavy (non-hydrogen) atoms. The predicted octanol–water partition coefficient (Wildman–Crippen LogP) is 6.89. The SMILES string of the molecule is CCOC(=O)C1=C(C)N=c2s/c(=C\c3cn(Cc4ccc(Cl)cc4Cl)c4ccccc34)c(=O)n2[C@H]1c1cc(OC)c(OC)cc1Br. The summed E-state index contributed by atoms with van der Waals surface area (Å²) in [4.78, 5) is 32.9. The van der Waals surface area contributed by atoms with Crippen molar-refractivity contribution in [3.63, 3.8) is 0 Å². The Labute approximate surface area is 286 Å². The standard InChI is InChI=1S/C34H28BrCl2N3O5S/c1-5-45-33(42)30-18(2)38-34-40(31(30)23-14-27(43-3)28(44-4)15-24(23)35)32(41)29(46-34)12-20-17-39(26-9-7-6-8-22(20)26)16-19-10-11-21(36)13-25(19)37/h6-15,17,31H,5,16H2,1-4H3/b29-12-/t31-/m0/s1. The number of esters is 1. The molecule has 0 N–H and O–H groups in total. The van der Waals surface area contributed by atoms with Crippen molar-refractivity contribution in [2.45, 2.75) is 26.4 Å². The molecule has 0 saturated heterocycles. The Balaban J connectivity index is 1.54. The zero-order valence-corrected chi connectivity index (χ0v) is 29.2. The molecule has 12 heteroatoms. The molecule has 0 spiro atoms. The number of methoxy groups -OCH3 is 2. The Kier molecular flexibility index (Phi) is 9.16. The number of benzene rings is 3. The molecule has 3 heterocycles. The highest BCUT2D eigenvalue weighted by Gasteiger charge is 2.35. The molecule has 3 aromatic carbocycles. The molecule has 5 aromatic rings. The van der Waals surface area contributed by atoms with E-state index in [9.17, 15) is 9.59 Å². The second kappa shape index (κ2) is 13.1. The minimum absolute atomic E-state index is 0.172. The molecule has 8 nitrogen and oxygen atoms in total. The molecule has 0 aliphatic carbocycles. The number of ether oxygens (including phenoxy) is 3. The maximum absolute atomic E-state index is 14.3. The zero-order valence-electron chi connectivity index (χ0n) is 25.3. The first-order valence-electron chi connectivity index (χ1n) is 14.3. The quantitative estimate of drug-likeness (QED) is 0.162. The largest absolute Gasteiger partial charge is 0.493 e. The van der Waals surface area contributed by atoms with Gasteiger partial charge in [-0.3, -0.25) is 9.36 Å². The van der Waals surface area contributed by atoms with Crippen molar-refractivity contribution in [3.05, 3.63) is 123 Å². The summed E-state index contributed by atoms with van der Waals surface area (Å²) in [5.74, 6) is 0.406. The number of fused-ring (bicyclic) bond motifs is 2. The summed E-state index contributed by atoms with van der Waals surface area (Å²) < 4.78 is 21.3. The van der Waals surface area contributed by atoms with E-state index in [4.69, 9.17) is 42.4 Å². The van der Waals surface area contributed by atoms with Gasteiger partial charge in [0.15, 0.2) is 16.3 Å². The molecule has 236 valence electrons. The van der Waals surface area contributed by atoms with Crippen LogP contribution < -0.4 is 24.4 Å². The highest BCUT2D eigenvalue weighted by atomic mass is 79.9. The van der Waals surface area contributed by atoms with Gasteiger partial charge in [0.1, 0.15) is 0 Å². The lowest BCUT2D eigenvalue weighted by Crippen LogP contribution is -2.40. The lowest BCUT2D eigenvalue weighted by atomic mass is 9.95. The molecule has 0 radical (unpaired) electrons. The Hall–Kier alpha value is -3.83. The number of hydrogen-bond acceptors (Lipinski definition) is 7. The van der Waals surface area contributed by atoms with Crippen LogP contribution in [0.3, 0.4) is 0 Å². The lowest BCUT2D eigenvalue weighted by molar-refractivity contribution is -0.139. The molecule has 6 rings (SSSR count). The average molecular weight is 741 g/mol. The van der Waals surface area contributed by atoms with Gasteiger partial charge in [-0.15, -0.1) is 0 Å². The van der Waals surface area contributed by atoms with Crippen LogP contribution in [0.2, 0.25) is 10.0 Å². The summed E-state index contributed by atoms with van der Waals surface area (Å²) in [6.45, 7) is 4.17. The van der Waals surface area contributed by atoms with Gasteiger partial charge in [0.25, 0.3) is 5.56 Å². The normalized spacial score (nSPS) is 14.8. The average Bonchev–Trinajstić information content (AvgIpc) is 3.53. The summed E-state index contributed by atoms with van der Waals surface area (Å²) in [7, 11) is 3.08. The Morgan fingerprint density at radius 1 is 1.09 bits per heavy atom. The molecule has 0 saturated carbocycles. The Morgan fingerprint density at radius 2 is 1.83 bits per heavy atom. The van der Waals surface area contributed by atoms with E-state index in [1.807, 2.05) is 48.7 Å². The van der Waals surface area contributed by atoms with Crippen LogP contribution in [-0.2, 0) is 16.1 Å². The van der Waals surface area contributed by atoms with Crippen molar-refractivity contribution >= 4 is 73.4 Å². The highest BCUT2D eigenvalue weighted by Crippen LogP contribution is 2.41. The molecule has 1 aliphatic rings. The zero-order chi connectivity index (χ0) is 32.7. The van der Waals surface area contributed by atoms with Crippen molar-refractivity contribution in [2.24, 2.45) is 4.99 Å². The third-order valence-corrected chi connectivity index (χ3v) is 10.0. The number of carbonyl (C=O) groups is 1. The molecule has 2 aromatic heterocycles. The van der Waals surface area contributed by atoms with Crippen molar-refractivity contribution in [3.8, 4) is 11.5 Å². The molecular formula is C34H28BrCl2N3O5S. The van der Waals surface area contributed by atoms with Gasteiger partial charge in [0, 0.05) is 43.7 Å². The number of allylic oxidation sites excluding steroid dienone is 1. The molecule has 0 unspecified atom stereocenters. The van der Waals surface area contributed by atoms with Crippen LogP contribution in [0.1, 0.15) is 36.6 Å². The number of carbonyl (C=O) groups excluding carboxylic acids is 1. The van der Waals surface area contributed by atoms with Crippen molar-refractivity contribution < 1.29 is 19.0 Å². The number of halogens is 3. The third-order valence-electron chi connectivity index (χ3n) is 7.78. The summed E-state index contributed by atoms with van der Waals surface area (Å²) >= 11 is 17.5. The van der Waals surface area contributed by atoms with E-state index >= 15 is 0 Å². The number of hydrogen-bond donors (Lipinski definition) is 0. The number of aromatic nitrogens is 2. The van der Waals surface area contributed by atoms with Crippen LogP contribution in [0.25, 0.3) is 17.0 Å². The van der Waals surface area contributed by atoms with Gasteiger partial charge < -0.3 is 18.8 Å². The fourth-order valence-corrected chi connectivity index (χ4v) is 7.71. The highest BCUT2D eigenvalue weighted by molar-refractivity contribution is 9.10. The van der Waals surface area contributed by atoms with Crippen molar-refractivity contribution in [2.75, 3.05) is 20.8 Å². The van der Waals surface area contributed by atoms with Crippen LogP contribution in [0, 0.1) is 0 Å². The second-order valence-electron chi connectivity index (χ2n) is 10.5. The van der Waals surface area contributed by atoms with Crippen molar-refractivity contribution in [1.29, 1.82) is 0 Å². The minimum atomic E-state index is -0.833.